The maximum atomic E-state index is 12.4. The van der Waals surface area contributed by atoms with Crippen molar-refractivity contribution in [2.24, 2.45) is 0 Å². The number of carbonyl (C=O) groups excluding carboxylic acids is 1. The molecule has 1 aliphatic heterocycles. The van der Waals surface area contributed by atoms with Crippen molar-refractivity contribution in [3.63, 3.8) is 0 Å². The molecule has 1 saturated heterocycles. The van der Waals surface area contributed by atoms with E-state index >= 15 is 0 Å². The Balaban J connectivity index is 1.65. The average Bonchev–Trinajstić information content (AvgIpc) is 2.94. The van der Waals surface area contributed by atoms with E-state index in [1.165, 1.54) is 6.20 Å². The first-order chi connectivity index (χ1) is 11.9. The third kappa shape index (κ3) is 4.57. The zero-order chi connectivity index (χ0) is 17.9. The quantitative estimate of drug-likeness (QED) is 0.854. The van der Waals surface area contributed by atoms with Crippen LogP contribution in [0.1, 0.15) is 35.3 Å². The lowest BCUT2D eigenvalue weighted by molar-refractivity contribution is 0.0939. The molecule has 1 aliphatic rings. The molecule has 1 aromatic carbocycles. The van der Waals surface area contributed by atoms with Gasteiger partial charge in [0.05, 0.1) is 28.8 Å². The number of anilines is 1. The maximum Gasteiger partial charge on any atom is 0.253 e. The summed E-state index contributed by atoms with van der Waals surface area (Å²) in [6.07, 6.45) is 3.68. The number of hydrogen-bond acceptors (Lipinski definition) is 5. The Morgan fingerprint density at radius 3 is 2.68 bits per heavy atom. The molecule has 1 aromatic heterocycles. The fourth-order valence-electron chi connectivity index (χ4n) is 2.89. The van der Waals surface area contributed by atoms with Gasteiger partial charge < -0.3 is 10.6 Å². The molecule has 2 atom stereocenters. The van der Waals surface area contributed by atoms with Crippen LogP contribution >= 0.6 is 0 Å². The lowest BCUT2D eigenvalue weighted by Crippen LogP contribution is -2.27. The Kier molecular flexibility index (Phi) is 5.03. The van der Waals surface area contributed by atoms with E-state index in [0.717, 1.165) is 5.56 Å². The van der Waals surface area contributed by atoms with Crippen LogP contribution in [0.2, 0.25) is 0 Å². The highest BCUT2D eigenvalue weighted by Crippen LogP contribution is 2.18. The van der Waals surface area contributed by atoms with E-state index in [9.17, 15) is 13.2 Å². The number of benzene rings is 1. The van der Waals surface area contributed by atoms with E-state index in [0.29, 0.717) is 17.7 Å². The largest absolute Gasteiger partial charge is 0.380 e. The molecule has 0 aliphatic carbocycles. The summed E-state index contributed by atoms with van der Waals surface area (Å²) in [4.78, 5) is 16.5. The van der Waals surface area contributed by atoms with Crippen LogP contribution in [-0.2, 0) is 9.84 Å². The van der Waals surface area contributed by atoms with Crippen molar-refractivity contribution in [2.45, 2.75) is 25.4 Å². The first-order valence-electron chi connectivity index (χ1n) is 8.21. The van der Waals surface area contributed by atoms with Crippen molar-refractivity contribution in [1.82, 2.24) is 10.3 Å². The standard InChI is InChI=1S/C18H21N3O3S/c1-13(14-5-3-2-4-6-14)20-18(22)15-9-17(11-19-10-15)21-16-7-8-25(23,24)12-16/h2-6,9-11,13,16,21H,7-8,12H2,1H3,(H,20,22). The molecule has 2 aromatic rings. The molecule has 25 heavy (non-hydrogen) atoms. The topological polar surface area (TPSA) is 88.2 Å². The normalized spacial score (nSPS) is 20.0. The van der Waals surface area contributed by atoms with Crippen LogP contribution in [0.3, 0.4) is 0 Å². The Hall–Kier alpha value is -2.41. The van der Waals surface area contributed by atoms with Crippen LogP contribution in [-0.4, -0.2) is 36.9 Å². The fraction of sp³-hybridized carbons (Fsp3) is 0.333. The molecule has 2 N–H and O–H groups in total. The summed E-state index contributed by atoms with van der Waals surface area (Å²) < 4.78 is 23.1. The highest BCUT2D eigenvalue weighted by molar-refractivity contribution is 7.91. The second-order valence-electron chi connectivity index (χ2n) is 6.31. The van der Waals surface area contributed by atoms with Crippen LogP contribution in [0.4, 0.5) is 5.69 Å². The number of amides is 1. The number of nitrogens with one attached hydrogen (secondary N) is 2. The van der Waals surface area contributed by atoms with E-state index in [4.69, 9.17) is 0 Å². The molecule has 0 bridgehead atoms. The molecular weight excluding hydrogens is 338 g/mol. The minimum atomic E-state index is -2.95. The molecule has 1 amide bonds. The van der Waals surface area contributed by atoms with Crippen molar-refractivity contribution < 1.29 is 13.2 Å². The molecule has 0 saturated carbocycles. The molecule has 2 heterocycles. The smallest absolute Gasteiger partial charge is 0.253 e. The zero-order valence-corrected chi connectivity index (χ0v) is 14.8. The molecule has 3 rings (SSSR count). The number of carbonyl (C=O) groups is 1. The third-order valence-corrected chi connectivity index (χ3v) is 6.02. The second-order valence-corrected chi connectivity index (χ2v) is 8.54. The molecule has 7 heteroatoms. The summed E-state index contributed by atoms with van der Waals surface area (Å²) in [7, 11) is -2.95. The van der Waals surface area contributed by atoms with Gasteiger partial charge in [-0.25, -0.2) is 8.42 Å². The Bertz CT molecular complexity index is 853. The summed E-state index contributed by atoms with van der Waals surface area (Å²) >= 11 is 0. The van der Waals surface area contributed by atoms with Crippen molar-refractivity contribution in [2.75, 3.05) is 16.8 Å². The van der Waals surface area contributed by atoms with Gasteiger partial charge in [0.1, 0.15) is 0 Å². The molecule has 0 spiro atoms. The third-order valence-electron chi connectivity index (χ3n) is 4.25. The van der Waals surface area contributed by atoms with Gasteiger partial charge in [-0.3, -0.25) is 9.78 Å². The molecule has 1 fully saturated rings. The van der Waals surface area contributed by atoms with Crippen molar-refractivity contribution in [1.29, 1.82) is 0 Å². The average molecular weight is 359 g/mol. The number of pyridine rings is 1. The van der Waals surface area contributed by atoms with Crippen LogP contribution < -0.4 is 10.6 Å². The summed E-state index contributed by atoms with van der Waals surface area (Å²) in [6.45, 7) is 1.92. The number of sulfone groups is 1. The van der Waals surface area contributed by atoms with Gasteiger partial charge in [0, 0.05) is 18.4 Å². The van der Waals surface area contributed by atoms with Gasteiger partial charge in [-0.05, 0) is 25.0 Å². The first kappa shape index (κ1) is 17.4. The van der Waals surface area contributed by atoms with Crippen LogP contribution in [0.5, 0.6) is 0 Å². The molecule has 2 unspecified atom stereocenters. The van der Waals surface area contributed by atoms with Gasteiger partial charge in [-0.15, -0.1) is 0 Å². The maximum absolute atomic E-state index is 12.4. The number of rotatable bonds is 5. The Morgan fingerprint density at radius 2 is 2.00 bits per heavy atom. The van der Waals surface area contributed by atoms with Crippen LogP contribution in [0.25, 0.3) is 0 Å². The monoisotopic (exact) mass is 359 g/mol. The molecule has 132 valence electrons. The summed E-state index contributed by atoms with van der Waals surface area (Å²) in [5.74, 6) is 0.105. The minimum Gasteiger partial charge on any atom is -0.380 e. The van der Waals surface area contributed by atoms with Crippen LogP contribution in [0, 0.1) is 0 Å². The first-order valence-corrected chi connectivity index (χ1v) is 10.0. The lowest BCUT2D eigenvalue weighted by Gasteiger charge is -2.15. The molecular formula is C18H21N3O3S. The van der Waals surface area contributed by atoms with Gasteiger partial charge >= 0.3 is 0 Å². The molecule has 6 nitrogen and oxygen atoms in total. The predicted molar refractivity (Wildman–Crippen MR) is 97.2 cm³/mol. The van der Waals surface area contributed by atoms with E-state index in [1.54, 1.807) is 12.3 Å². The predicted octanol–water partition coefficient (Wildman–Crippen LogP) is 2.17. The Morgan fingerprint density at radius 1 is 1.24 bits per heavy atom. The van der Waals surface area contributed by atoms with Crippen molar-refractivity contribution in [3.8, 4) is 0 Å². The second kappa shape index (κ2) is 7.23. The van der Waals surface area contributed by atoms with Crippen LogP contribution in [0.15, 0.2) is 48.8 Å². The van der Waals surface area contributed by atoms with Gasteiger partial charge in [-0.1, -0.05) is 30.3 Å². The number of nitrogens with zero attached hydrogens (tertiary/aromatic N) is 1. The lowest BCUT2D eigenvalue weighted by atomic mass is 10.1. The fourth-order valence-corrected chi connectivity index (χ4v) is 4.57. The highest BCUT2D eigenvalue weighted by Gasteiger charge is 2.27. The summed E-state index contributed by atoms with van der Waals surface area (Å²) in [5.41, 5.74) is 2.12. The van der Waals surface area contributed by atoms with Gasteiger partial charge in [0.15, 0.2) is 9.84 Å². The summed E-state index contributed by atoms with van der Waals surface area (Å²) in [5, 5.41) is 6.10. The van der Waals surface area contributed by atoms with E-state index in [1.807, 2.05) is 37.3 Å². The van der Waals surface area contributed by atoms with Crippen molar-refractivity contribution in [3.05, 3.63) is 59.9 Å². The highest BCUT2D eigenvalue weighted by atomic mass is 32.2. The Labute approximate surface area is 147 Å². The summed E-state index contributed by atoms with van der Waals surface area (Å²) in [6, 6.07) is 11.2. The van der Waals surface area contributed by atoms with Crippen molar-refractivity contribution >= 4 is 21.4 Å². The van der Waals surface area contributed by atoms with E-state index in [2.05, 4.69) is 15.6 Å². The minimum absolute atomic E-state index is 0.120. The van der Waals surface area contributed by atoms with E-state index < -0.39 is 9.84 Å². The SMILES string of the molecule is CC(NC(=O)c1cncc(NC2CCS(=O)(=O)C2)c1)c1ccccc1. The van der Waals surface area contributed by atoms with Gasteiger partial charge in [-0.2, -0.15) is 0 Å². The van der Waals surface area contributed by atoms with E-state index in [-0.39, 0.29) is 29.5 Å². The molecule has 0 radical (unpaired) electrons. The number of aromatic nitrogens is 1. The van der Waals surface area contributed by atoms with Gasteiger partial charge in [0.25, 0.3) is 5.91 Å². The number of hydrogen-bond donors (Lipinski definition) is 2. The van der Waals surface area contributed by atoms with Gasteiger partial charge in [0.2, 0.25) is 0 Å². The zero-order valence-electron chi connectivity index (χ0n) is 14.0.